The lowest BCUT2D eigenvalue weighted by molar-refractivity contribution is -0.232. The van der Waals surface area contributed by atoms with Crippen molar-refractivity contribution in [1.82, 2.24) is 0 Å². The van der Waals surface area contributed by atoms with Crippen LogP contribution < -0.4 is 14.9 Å². The third-order valence-electron chi connectivity index (χ3n) is 5.80. The fourth-order valence-electron chi connectivity index (χ4n) is 4.10. The number of aliphatic hydroxyl groups is 4. The molecule has 1 aliphatic rings. The molecule has 3 aromatic rings. The van der Waals surface area contributed by atoms with Gasteiger partial charge in [0.15, 0.2) is 5.43 Å². The molecule has 2 aromatic carbocycles. The van der Waals surface area contributed by atoms with Crippen LogP contribution in [0.5, 0.6) is 23.0 Å². The number of rotatable bonds is 5. The molecule has 2 heterocycles. The third kappa shape index (κ3) is 3.93. The highest BCUT2D eigenvalue weighted by atomic mass is 16.5. The van der Waals surface area contributed by atoms with Gasteiger partial charge in [0.05, 0.1) is 26.4 Å². The van der Waals surface area contributed by atoms with Crippen LogP contribution in [0.15, 0.2) is 39.5 Å². The maximum Gasteiger partial charge on any atom is 0.197 e. The molecule has 0 aliphatic carbocycles. The molecule has 11 nitrogen and oxygen atoms in total. The molecule has 6 N–H and O–H groups in total. The fraction of sp³-hybridized carbons (Fsp3) is 0.348. The van der Waals surface area contributed by atoms with Gasteiger partial charge in [-0.1, -0.05) is 0 Å². The number of methoxy groups -OCH3 is 2. The van der Waals surface area contributed by atoms with Gasteiger partial charge in [-0.2, -0.15) is 0 Å². The zero-order valence-electron chi connectivity index (χ0n) is 18.2. The molecule has 0 amide bonds. The van der Waals surface area contributed by atoms with Gasteiger partial charge in [-0.3, -0.25) is 4.79 Å². The fourth-order valence-corrected chi connectivity index (χ4v) is 4.10. The maximum atomic E-state index is 12.6. The smallest absolute Gasteiger partial charge is 0.197 e. The summed E-state index contributed by atoms with van der Waals surface area (Å²) in [6.07, 6.45) is -7.09. The second-order valence-corrected chi connectivity index (χ2v) is 7.86. The van der Waals surface area contributed by atoms with Gasteiger partial charge in [-0.25, -0.2) is 0 Å². The van der Waals surface area contributed by atoms with Crippen LogP contribution in [-0.4, -0.2) is 75.9 Å². The second kappa shape index (κ2) is 9.12. The molecular weight excluding hydrogens is 452 g/mol. The summed E-state index contributed by atoms with van der Waals surface area (Å²) >= 11 is 0. The van der Waals surface area contributed by atoms with Crippen LogP contribution in [0.3, 0.4) is 0 Å². The largest absolute Gasteiger partial charge is 0.508 e. The average molecular weight is 476 g/mol. The lowest BCUT2D eigenvalue weighted by Crippen LogP contribution is -2.55. The van der Waals surface area contributed by atoms with E-state index in [0.717, 1.165) is 12.1 Å². The highest BCUT2D eigenvalue weighted by Gasteiger charge is 2.46. The molecule has 5 atom stereocenters. The molecule has 1 aromatic heterocycles. The number of phenols is 2. The van der Waals surface area contributed by atoms with Crippen molar-refractivity contribution in [2.24, 2.45) is 0 Å². The van der Waals surface area contributed by atoms with Gasteiger partial charge in [-0.05, 0) is 12.1 Å². The van der Waals surface area contributed by atoms with E-state index in [9.17, 15) is 35.4 Å². The van der Waals surface area contributed by atoms with Crippen LogP contribution in [0.1, 0.15) is 11.7 Å². The van der Waals surface area contributed by atoms with E-state index < -0.39 is 48.3 Å². The van der Waals surface area contributed by atoms with Crippen molar-refractivity contribution in [3.05, 3.63) is 46.1 Å². The average Bonchev–Trinajstić information content (AvgIpc) is 2.81. The zero-order valence-corrected chi connectivity index (χ0v) is 18.2. The first-order chi connectivity index (χ1) is 16.2. The molecule has 4 rings (SSSR count). The minimum atomic E-state index is -1.61. The topological polar surface area (TPSA) is 179 Å². The van der Waals surface area contributed by atoms with Gasteiger partial charge in [0.1, 0.15) is 70.2 Å². The van der Waals surface area contributed by atoms with Crippen LogP contribution in [-0.2, 0) is 4.74 Å². The van der Waals surface area contributed by atoms with E-state index in [1.165, 1.54) is 32.4 Å². The Bertz CT molecular complexity index is 1240. The van der Waals surface area contributed by atoms with Crippen molar-refractivity contribution in [2.75, 3.05) is 20.8 Å². The van der Waals surface area contributed by atoms with Crippen molar-refractivity contribution in [2.45, 2.75) is 30.5 Å². The number of fused-ring (bicyclic) bond motifs is 1. The number of hydrogen-bond donors (Lipinski definition) is 6. The molecular formula is C23H24O11. The van der Waals surface area contributed by atoms with E-state index in [1.54, 1.807) is 0 Å². The Morgan fingerprint density at radius 2 is 1.56 bits per heavy atom. The highest BCUT2D eigenvalue weighted by molar-refractivity contribution is 5.86. The molecule has 1 fully saturated rings. The summed E-state index contributed by atoms with van der Waals surface area (Å²) in [5.41, 5.74) is -0.0754. The van der Waals surface area contributed by atoms with Crippen molar-refractivity contribution in [3.8, 4) is 34.3 Å². The number of ether oxygens (including phenoxy) is 3. The minimum absolute atomic E-state index is 0.0454. The normalized spacial score (nSPS) is 24.8. The van der Waals surface area contributed by atoms with Gasteiger partial charge >= 0.3 is 0 Å². The first-order valence-corrected chi connectivity index (χ1v) is 10.3. The van der Waals surface area contributed by atoms with Crippen molar-refractivity contribution < 1.29 is 49.3 Å². The van der Waals surface area contributed by atoms with Gasteiger partial charge in [0.25, 0.3) is 0 Å². The Hall–Kier alpha value is -3.35. The molecule has 0 spiro atoms. The van der Waals surface area contributed by atoms with E-state index in [-0.39, 0.29) is 39.5 Å². The molecule has 1 aliphatic heterocycles. The lowest BCUT2D eigenvalue weighted by Gasteiger charge is -2.40. The van der Waals surface area contributed by atoms with Crippen molar-refractivity contribution in [1.29, 1.82) is 0 Å². The van der Waals surface area contributed by atoms with E-state index in [1.807, 2.05) is 0 Å². The summed E-state index contributed by atoms with van der Waals surface area (Å²) in [6, 6.07) is 6.33. The summed E-state index contributed by atoms with van der Waals surface area (Å²) in [5, 5.41) is 60.0. The molecule has 0 bridgehead atoms. The van der Waals surface area contributed by atoms with Gasteiger partial charge < -0.3 is 49.3 Å². The number of benzene rings is 2. The Morgan fingerprint density at radius 1 is 0.912 bits per heavy atom. The standard InChI is InChI=1S/C23H24O11/c1-31-14-3-9(13-7-12(27)18-11(26)5-10(25)6-16(18)33-13)4-15(32-2)19(14)23-22(30)21(29)20(28)17(8-24)34-23/h3-7,17,20-26,28-30H,8H2,1-2H3. The second-order valence-electron chi connectivity index (χ2n) is 7.86. The Morgan fingerprint density at radius 3 is 2.15 bits per heavy atom. The Labute approximate surface area is 192 Å². The van der Waals surface area contributed by atoms with E-state index in [4.69, 9.17) is 18.6 Å². The van der Waals surface area contributed by atoms with Crippen LogP contribution in [0.2, 0.25) is 0 Å². The van der Waals surface area contributed by atoms with Gasteiger partial charge in [-0.15, -0.1) is 0 Å². The van der Waals surface area contributed by atoms with Gasteiger partial charge in [0.2, 0.25) is 0 Å². The van der Waals surface area contributed by atoms with E-state index in [0.29, 0.717) is 5.56 Å². The number of hydrogen-bond acceptors (Lipinski definition) is 11. The van der Waals surface area contributed by atoms with Crippen molar-refractivity contribution >= 4 is 11.0 Å². The van der Waals surface area contributed by atoms with Crippen LogP contribution >= 0.6 is 0 Å². The van der Waals surface area contributed by atoms with E-state index in [2.05, 4.69) is 0 Å². The zero-order chi connectivity index (χ0) is 24.7. The molecule has 1 saturated heterocycles. The van der Waals surface area contributed by atoms with Crippen LogP contribution in [0.25, 0.3) is 22.3 Å². The predicted octanol–water partition coefficient (Wildman–Crippen LogP) is 0.403. The number of aliphatic hydroxyl groups excluding tert-OH is 4. The van der Waals surface area contributed by atoms with Gasteiger partial charge in [0, 0.05) is 23.8 Å². The first-order valence-electron chi connectivity index (χ1n) is 10.3. The molecule has 182 valence electrons. The number of phenolic OH excluding ortho intramolecular Hbond substituents is 2. The molecule has 5 unspecified atom stereocenters. The molecule has 11 heteroatoms. The third-order valence-corrected chi connectivity index (χ3v) is 5.80. The SMILES string of the molecule is COc1cc(-c2cc(=O)c3c(O)cc(O)cc3o2)cc(OC)c1C1OC(CO)C(O)C(O)C1O. The Balaban J connectivity index is 1.86. The molecule has 34 heavy (non-hydrogen) atoms. The monoisotopic (exact) mass is 476 g/mol. The van der Waals surface area contributed by atoms with Crippen molar-refractivity contribution in [3.63, 3.8) is 0 Å². The highest BCUT2D eigenvalue weighted by Crippen LogP contribution is 2.44. The predicted molar refractivity (Wildman–Crippen MR) is 117 cm³/mol. The van der Waals surface area contributed by atoms with Crippen LogP contribution in [0.4, 0.5) is 0 Å². The summed E-state index contributed by atoms with van der Waals surface area (Å²) in [6.45, 7) is -0.605. The van der Waals surface area contributed by atoms with Crippen LogP contribution in [0, 0.1) is 0 Å². The number of aromatic hydroxyl groups is 2. The Kier molecular flexibility index (Phi) is 6.39. The summed E-state index contributed by atoms with van der Waals surface area (Å²) in [5.74, 6) is -0.373. The molecule has 0 saturated carbocycles. The summed E-state index contributed by atoms with van der Waals surface area (Å²) in [7, 11) is 2.69. The maximum absolute atomic E-state index is 12.6. The quantitative estimate of drug-likeness (QED) is 0.300. The summed E-state index contributed by atoms with van der Waals surface area (Å²) in [4.78, 5) is 12.6. The van der Waals surface area contributed by atoms with E-state index >= 15 is 0 Å². The minimum Gasteiger partial charge on any atom is -0.508 e. The summed E-state index contributed by atoms with van der Waals surface area (Å²) < 4.78 is 22.3. The first kappa shape index (κ1) is 23.8. The lowest BCUT2D eigenvalue weighted by atomic mass is 9.89. The molecule has 0 radical (unpaired) electrons.